The average Bonchev–Trinajstić information content (AvgIpc) is 3.75. The maximum absolute atomic E-state index is 13.6. The van der Waals surface area contributed by atoms with Crippen molar-refractivity contribution in [1.82, 2.24) is 39.5 Å². The van der Waals surface area contributed by atoms with Crippen LogP contribution >= 0.6 is 0 Å². The van der Waals surface area contributed by atoms with Gasteiger partial charge >= 0.3 is 0 Å². The first-order chi connectivity index (χ1) is 18.6. The number of nitrogens with one attached hydrogen (secondary N) is 1. The molecule has 204 valence electrons. The summed E-state index contributed by atoms with van der Waals surface area (Å²) in [6, 6.07) is 0. The van der Waals surface area contributed by atoms with Gasteiger partial charge in [-0.15, -0.1) is 0 Å². The van der Waals surface area contributed by atoms with E-state index in [1.165, 1.54) is 25.6 Å². The third-order valence-electron chi connectivity index (χ3n) is 6.38. The lowest BCUT2D eigenvalue weighted by molar-refractivity contribution is 0.126. The molecule has 1 fully saturated rings. The molecule has 15 heteroatoms. The van der Waals surface area contributed by atoms with Gasteiger partial charge in [-0.3, -0.25) is 9.36 Å². The number of sulfone groups is 1. The molecule has 4 aromatic rings. The molecule has 4 aromatic heterocycles. The largest absolute Gasteiger partial charge is 0.358 e. The standard InChI is InChI=1S/C24H25F2N9O3S/c1-4-39(37,38)15-7-27-17(28-8-15)9-29-22-24(36)35(10-16(25)26)23-19(33-22)13(3)32-21(34-23)18-12(2)30-11-31-20(18)14-5-6-14/h7-8,11,14,16H,4-6,9-10H2,1-3H3,(H,29,33). The fourth-order valence-corrected chi connectivity index (χ4v) is 4.91. The van der Waals surface area contributed by atoms with Gasteiger partial charge in [0.15, 0.2) is 27.1 Å². The van der Waals surface area contributed by atoms with Gasteiger partial charge in [0.05, 0.1) is 41.5 Å². The lowest BCUT2D eigenvalue weighted by Crippen LogP contribution is -2.29. The van der Waals surface area contributed by atoms with Gasteiger partial charge in [0, 0.05) is 18.3 Å². The summed E-state index contributed by atoms with van der Waals surface area (Å²) in [7, 11) is -3.47. The highest BCUT2D eigenvalue weighted by Crippen LogP contribution is 2.43. The zero-order valence-electron chi connectivity index (χ0n) is 21.4. The van der Waals surface area contributed by atoms with Crippen LogP contribution in [0, 0.1) is 13.8 Å². The molecule has 0 amide bonds. The lowest BCUT2D eigenvalue weighted by atomic mass is 10.1. The van der Waals surface area contributed by atoms with Crippen LogP contribution in [0.15, 0.2) is 28.4 Å². The molecule has 0 radical (unpaired) electrons. The molecule has 4 heterocycles. The van der Waals surface area contributed by atoms with Gasteiger partial charge in [0.25, 0.3) is 12.0 Å². The molecule has 5 rings (SSSR count). The monoisotopic (exact) mass is 557 g/mol. The van der Waals surface area contributed by atoms with E-state index in [4.69, 9.17) is 0 Å². The highest BCUT2D eigenvalue weighted by Gasteiger charge is 2.30. The number of aromatic nitrogens is 8. The molecule has 0 aromatic carbocycles. The first-order valence-electron chi connectivity index (χ1n) is 12.3. The van der Waals surface area contributed by atoms with Crippen molar-refractivity contribution in [3.63, 3.8) is 0 Å². The number of hydrogen-bond donors (Lipinski definition) is 1. The minimum absolute atomic E-state index is 0.0238. The number of anilines is 1. The normalized spacial score (nSPS) is 13.8. The van der Waals surface area contributed by atoms with Gasteiger partial charge in [0.1, 0.15) is 22.6 Å². The van der Waals surface area contributed by atoms with Crippen molar-refractivity contribution in [2.75, 3.05) is 11.1 Å². The highest BCUT2D eigenvalue weighted by atomic mass is 32.2. The Kier molecular flexibility index (Phi) is 7.01. The molecule has 1 aliphatic rings. The molecule has 1 aliphatic carbocycles. The smallest absolute Gasteiger partial charge is 0.295 e. The van der Waals surface area contributed by atoms with E-state index in [-0.39, 0.29) is 51.7 Å². The van der Waals surface area contributed by atoms with E-state index in [0.717, 1.165) is 23.1 Å². The molecule has 0 unspecified atom stereocenters. The molecule has 1 N–H and O–H groups in total. The number of halogens is 2. The van der Waals surface area contributed by atoms with Crippen molar-refractivity contribution in [2.24, 2.45) is 0 Å². The highest BCUT2D eigenvalue weighted by molar-refractivity contribution is 7.91. The summed E-state index contributed by atoms with van der Waals surface area (Å²) in [5.41, 5.74) is 1.81. The predicted molar refractivity (Wildman–Crippen MR) is 137 cm³/mol. The SMILES string of the molecule is CCS(=O)(=O)c1cnc(CNc2nc3c(C)nc(-c4c(C)ncnc4C4CC4)nc3n(CC(F)F)c2=O)nc1. The van der Waals surface area contributed by atoms with Gasteiger partial charge < -0.3 is 5.32 Å². The van der Waals surface area contributed by atoms with Crippen molar-refractivity contribution in [2.45, 2.75) is 63.9 Å². The molecular formula is C24H25F2N9O3S. The number of hydrogen-bond acceptors (Lipinski definition) is 11. The summed E-state index contributed by atoms with van der Waals surface area (Å²) in [4.78, 5) is 43.4. The second kappa shape index (κ2) is 10.3. The maximum atomic E-state index is 13.6. The van der Waals surface area contributed by atoms with Crippen molar-refractivity contribution >= 4 is 26.8 Å². The Balaban J connectivity index is 1.56. The molecular weight excluding hydrogens is 532 g/mol. The van der Waals surface area contributed by atoms with Crippen LogP contribution in [0.5, 0.6) is 0 Å². The van der Waals surface area contributed by atoms with Gasteiger partial charge in [0.2, 0.25) is 0 Å². The van der Waals surface area contributed by atoms with Gasteiger partial charge in [-0.1, -0.05) is 6.92 Å². The van der Waals surface area contributed by atoms with Crippen LogP contribution in [0.3, 0.4) is 0 Å². The molecule has 0 spiro atoms. The van der Waals surface area contributed by atoms with Crippen molar-refractivity contribution in [3.05, 3.63) is 52.0 Å². The molecule has 39 heavy (non-hydrogen) atoms. The Labute approximate surface area is 222 Å². The zero-order valence-corrected chi connectivity index (χ0v) is 22.2. The topological polar surface area (TPSA) is 158 Å². The molecule has 0 atom stereocenters. The minimum atomic E-state index is -3.47. The fraction of sp³-hybridized carbons (Fsp3) is 0.417. The average molecular weight is 558 g/mol. The minimum Gasteiger partial charge on any atom is -0.358 e. The van der Waals surface area contributed by atoms with Crippen LogP contribution in [0.2, 0.25) is 0 Å². The molecule has 1 saturated carbocycles. The summed E-state index contributed by atoms with van der Waals surface area (Å²) in [6.07, 6.45) is 2.95. The lowest BCUT2D eigenvalue weighted by Gasteiger charge is -2.15. The molecule has 0 aliphatic heterocycles. The molecule has 0 saturated heterocycles. The number of rotatable bonds is 9. The van der Waals surface area contributed by atoms with Crippen LogP contribution in [0.25, 0.3) is 22.6 Å². The van der Waals surface area contributed by atoms with Crippen LogP contribution in [-0.4, -0.2) is 60.1 Å². The second-order valence-corrected chi connectivity index (χ2v) is 11.4. The van der Waals surface area contributed by atoms with Gasteiger partial charge in [-0.25, -0.2) is 52.1 Å². The van der Waals surface area contributed by atoms with Crippen LogP contribution < -0.4 is 10.9 Å². The van der Waals surface area contributed by atoms with Crippen molar-refractivity contribution in [1.29, 1.82) is 0 Å². The summed E-state index contributed by atoms with van der Waals surface area (Å²) in [5, 5.41) is 2.78. The quantitative estimate of drug-likeness (QED) is 0.322. The third kappa shape index (κ3) is 5.30. The maximum Gasteiger partial charge on any atom is 0.295 e. The van der Waals surface area contributed by atoms with Crippen molar-refractivity contribution in [3.8, 4) is 11.4 Å². The summed E-state index contributed by atoms with van der Waals surface area (Å²) in [6.45, 7) is 3.97. The Hall–Kier alpha value is -4.01. The van der Waals surface area contributed by atoms with E-state index in [1.807, 2.05) is 0 Å². The van der Waals surface area contributed by atoms with E-state index in [2.05, 4.69) is 40.2 Å². The first kappa shape index (κ1) is 26.6. The number of fused-ring (bicyclic) bond motifs is 1. The summed E-state index contributed by atoms with van der Waals surface area (Å²) >= 11 is 0. The van der Waals surface area contributed by atoms with E-state index in [0.29, 0.717) is 17.0 Å². The van der Waals surface area contributed by atoms with Crippen LogP contribution in [0.1, 0.15) is 48.6 Å². The van der Waals surface area contributed by atoms with Crippen LogP contribution in [-0.2, 0) is 22.9 Å². The van der Waals surface area contributed by atoms with E-state index >= 15 is 0 Å². The number of nitrogens with zero attached hydrogens (tertiary/aromatic N) is 8. The molecule has 12 nitrogen and oxygen atoms in total. The summed E-state index contributed by atoms with van der Waals surface area (Å²) < 4.78 is 52.0. The predicted octanol–water partition coefficient (Wildman–Crippen LogP) is 2.60. The van der Waals surface area contributed by atoms with Gasteiger partial charge in [-0.2, -0.15) is 0 Å². The second-order valence-electron chi connectivity index (χ2n) is 9.16. The van der Waals surface area contributed by atoms with E-state index in [1.54, 1.807) is 13.8 Å². The van der Waals surface area contributed by atoms with E-state index in [9.17, 15) is 22.0 Å². The number of alkyl halides is 2. The van der Waals surface area contributed by atoms with E-state index < -0.39 is 28.4 Å². The Morgan fingerprint density at radius 1 is 1.05 bits per heavy atom. The van der Waals surface area contributed by atoms with Crippen LogP contribution in [0.4, 0.5) is 14.6 Å². The Morgan fingerprint density at radius 2 is 1.77 bits per heavy atom. The van der Waals surface area contributed by atoms with Gasteiger partial charge in [-0.05, 0) is 26.7 Å². The number of aryl methyl sites for hydroxylation is 2. The summed E-state index contributed by atoms with van der Waals surface area (Å²) in [5.74, 6) is 0.380. The Bertz CT molecular complexity index is 1720. The first-order valence-corrected chi connectivity index (χ1v) is 13.9. The third-order valence-corrected chi connectivity index (χ3v) is 8.07. The van der Waals surface area contributed by atoms with Crippen molar-refractivity contribution < 1.29 is 17.2 Å². The fourth-order valence-electron chi connectivity index (χ4n) is 4.15. The Morgan fingerprint density at radius 3 is 2.41 bits per heavy atom. The zero-order chi connectivity index (χ0) is 27.9. The molecule has 0 bridgehead atoms.